The lowest BCUT2D eigenvalue weighted by molar-refractivity contribution is -0.145. The number of piperidine rings is 1. The Hall–Kier alpha value is -2.20. The molecule has 0 spiro atoms. The van der Waals surface area contributed by atoms with Gasteiger partial charge in [0.05, 0.1) is 6.04 Å². The molecule has 1 aliphatic heterocycles. The minimum absolute atomic E-state index is 0.182. The second-order valence-corrected chi connectivity index (χ2v) is 7.36. The molecular formula is C22H26FNO2. The minimum atomic E-state index is -0.782. The Kier molecular flexibility index (Phi) is 5.72. The summed E-state index contributed by atoms with van der Waals surface area (Å²) in [6.45, 7) is 5.03. The van der Waals surface area contributed by atoms with Gasteiger partial charge in [0.15, 0.2) is 0 Å². The lowest BCUT2D eigenvalue weighted by Crippen LogP contribution is -2.46. The summed E-state index contributed by atoms with van der Waals surface area (Å²) >= 11 is 0. The molecule has 2 atom stereocenters. The lowest BCUT2D eigenvalue weighted by atomic mass is 9.90. The first-order valence-corrected chi connectivity index (χ1v) is 9.31. The third-order valence-corrected chi connectivity index (χ3v) is 5.27. The summed E-state index contributed by atoms with van der Waals surface area (Å²) in [6.07, 6.45) is 2.55. The summed E-state index contributed by atoms with van der Waals surface area (Å²) in [4.78, 5) is 13.9. The van der Waals surface area contributed by atoms with Crippen LogP contribution in [0.3, 0.4) is 0 Å². The van der Waals surface area contributed by atoms with E-state index in [4.69, 9.17) is 0 Å². The van der Waals surface area contributed by atoms with Gasteiger partial charge in [0.25, 0.3) is 0 Å². The molecule has 138 valence electrons. The van der Waals surface area contributed by atoms with Crippen molar-refractivity contribution < 1.29 is 14.3 Å². The van der Waals surface area contributed by atoms with Crippen LogP contribution in [0.1, 0.15) is 61.8 Å². The van der Waals surface area contributed by atoms with E-state index in [1.165, 1.54) is 17.7 Å². The molecule has 2 aromatic rings. The van der Waals surface area contributed by atoms with Crippen molar-refractivity contribution >= 4 is 5.97 Å². The monoisotopic (exact) mass is 355 g/mol. The van der Waals surface area contributed by atoms with E-state index in [0.717, 1.165) is 30.5 Å². The van der Waals surface area contributed by atoms with Crippen LogP contribution in [-0.2, 0) is 4.79 Å². The molecule has 0 aromatic heterocycles. The molecule has 0 saturated carbocycles. The molecule has 3 rings (SSSR count). The van der Waals surface area contributed by atoms with Gasteiger partial charge in [0, 0.05) is 0 Å². The van der Waals surface area contributed by atoms with Crippen molar-refractivity contribution in [1.29, 1.82) is 0 Å². The SMILES string of the molecule is CC(C)c1ccc(C(c2ccc(F)cc2)N2CCCCC2C(=O)O)cc1. The van der Waals surface area contributed by atoms with Gasteiger partial charge >= 0.3 is 5.97 Å². The second kappa shape index (κ2) is 8.00. The maximum atomic E-state index is 13.4. The van der Waals surface area contributed by atoms with E-state index in [1.807, 2.05) is 0 Å². The molecule has 4 heteroatoms. The predicted molar refractivity (Wildman–Crippen MR) is 101 cm³/mol. The first kappa shape index (κ1) is 18.6. The largest absolute Gasteiger partial charge is 0.480 e. The fourth-order valence-corrected chi connectivity index (χ4v) is 3.81. The van der Waals surface area contributed by atoms with Crippen LogP contribution >= 0.6 is 0 Å². The van der Waals surface area contributed by atoms with Crippen LogP contribution in [0.5, 0.6) is 0 Å². The summed E-state index contributed by atoms with van der Waals surface area (Å²) < 4.78 is 13.4. The first-order valence-electron chi connectivity index (χ1n) is 9.31. The number of carboxylic acids is 1. The molecule has 26 heavy (non-hydrogen) atoms. The van der Waals surface area contributed by atoms with Crippen molar-refractivity contribution in [3.05, 3.63) is 71.0 Å². The van der Waals surface area contributed by atoms with Crippen molar-refractivity contribution in [2.75, 3.05) is 6.54 Å². The van der Waals surface area contributed by atoms with E-state index >= 15 is 0 Å². The lowest BCUT2D eigenvalue weighted by Gasteiger charge is -2.39. The molecule has 0 bridgehead atoms. The standard InChI is InChI=1S/C22H26FNO2/c1-15(2)16-6-8-17(9-7-16)21(18-10-12-19(23)13-11-18)24-14-4-3-5-20(24)22(25)26/h6-13,15,20-21H,3-5,14H2,1-2H3,(H,25,26). The fourth-order valence-electron chi connectivity index (χ4n) is 3.81. The highest BCUT2D eigenvalue weighted by atomic mass is 19.1. The van der Waals surface area contributed by atoms with Gasteiger partial charge in [-0.05, 0) is 54.1 Å². The number of likely N-dealkylation sites (tertiary alicyclic amines) is 1. The second-order valence-electron chi connectivity index (χ2n) is 7.36. The fraction of sp³-hybridized carbons (Fsp3) is 0.409. The molecule has 1 fully saturated rings. The van der Waals surface area contributed by atoms with Crippen molar-refractivity contribution in [2.45, 2.75) is 51.1 Å². The third-order valence-electron chi connectivity index (χ3n) is 5.27. The van der Waals surface area contributed by atoms with Crippen LogP contribution in [-0.4, -0.2) is 28.6 Å². The van der Waals surface area contributed by atoms with Gasteiger partial charge in [-0.15, -0.1) is 0 Å². The predicted octanol–water partition coefficient (Wildman–Crippen LogP) is 4.98. The number of benzene rings is 2. The zero-order valence-corrected chi connectivity index (χ0v) is 15.4. The Morgan fingerprint density at radius 2 is 1.54 bits per heavy atom. The smallest absolute Gasteiger partial charge is 0.320 e. The summed E-state index contributed by atoms with van der Waals surface area (Å²) in [5, 5.41) is 9.71. The summed E-state index contributed by atoms with van der Waals surface area (Å²) in [7, 11) is 0. The van der Waals surface area contributed by atoms with E-state index in [-0.39, 0.29) is 11.9 Å². The number of hydrogen-bond donors (Lipinski definition) is 1. The molecule has 2 aromatic carbocycles. The average molecular weight is 355 g/mol. The van der Waals surface area contributed by atoms with Crippen LogP contribution < -0.4 is 0 Å². The van der Waals surface area contributed by atoms with Crippen LogP contribution in [0, 0.1) is 5.82 Å². The van der Waals surface area contributed by atoms with Crippen molar-refractivity contribution in [3.8, 4) is 0 Å². The summed E-state index contributed by atoms with van der Waals surface area (Å²) in [6, 6.07) is 14.1. The molecule has 1 saturated heterocycles. The van der Waals surface area contributed by atoms with Crippen LogP contribution in [0.15, 0.2) is 48.5 Å². The van der Waals surface area contributed by atoms with Crippen LogP contribution in [0.25, 0.3) is 0 Å². The topological polar surface area (TPSA) is 40.5 Å². The first-order chi connectivity index (χ1) is 12.5. The van der Waals surface area contributed by atoms with Gasteiger partial charge in [-0.25, -0.2) is 4.39 Å². The van der Waals surface area contributed by atoms with Gasteiger partial charge in [-0.2, -0.15) is 0 Å². The number of carboxylic acid groups (broad SMARTS) is 1. The number of hydrogen-bond acceptors (Lipinski definition) is 2. The maximum Gasteiger partial charge on any atom is 0.320 e. The highest BCUT2D eigenvalue weighted by Crippen LogP contribution is 2.35. The Morgan fingerprint density at radius 1 is 1.00 bits per heavy atom. The highest BCUT2D eigenvalue weighted by Gasteiger charge is 2.35. The zero-order valence-electron chi connectivity index (χ0n) is 15.4. The average Bonchev–Trinajstić information content (AvgIpc) is 2.64. The Balaban J connectivity index is 2.03. The van der Waals surface area contributed by atoms with Gasteiger partial charge in [-0.1, -0.05) is 56.7 Å². The normalized spacial score (nSPS) is 19.5. The molecule has 0 aliphatic carbocycles. The maximum absolute atomic E-state index is 13.4. The molecule has 1 N–H and O–H groups in total. The molecule has 2 unspecified atom stereocenters. The van der Waals surface area contributed by atoms with Gasteiger partial charge in [0.1, 0.15) is 11.9 Å². The summed E-state index contributed by atoms with van der Waals surface area (Å²) in [5.74, 6) is -0.623. The molecule has 3 nitrogen and oxygen atoms in total. The third kappa shape index (κ3) is 3.96. The van der Waals surface area contributed by atoms with Crippen molar-refractivity contribution in [2.24, 2.45) is 0 Å². The summed E-state index contributed by atoms with van der Waals surface area (Å²) in [5.41, 5.74) is 3.23. The highest BCUT2D eigenvalue weighted by molar-refractivity contribution is 5.73. The van der Waals surface area contributed by atoms with E-state index in [9.17, 15) is 14.3 Å². The molecule has 1 heterocycles. The minimum Gasteiger partial charge on any atom is -0.480 e. The van der Waals surface area contributed by atoms with E-state index in [1.54, 1.807) is 12.1 Å². The zero-order chi connectivity index (χ0) is 18.7. The van der Waals surface area contributed by atoms with E-state index in [2.05, 4.69) is 43.0 Å². The van der Waals surface area contributed by atoms with Gasteiger partial charge in [0.2, 0.25) is 0 Å². The molecule has 1 aliphatic rings. The van der Waals surface area contributed by atoms with Gasteiger partial charge in [-0.3, -0.25) is 9.69 Å². The van der Waals surface area contributed by atoms with Gasteiger partial charge < -0.3 is 5.11 Å². The molecule has 0 amide bonds. The van der Waals surface area contributed by atoms with E-state index in [0.29, 0.717) is 12.3 Å². The van der Waals surface area contributed by atoms with E-state index < -0.39 is 12.0 Å². The number of aliphatic carboxylic acids is 1. The number of carbonyl (C=O) groups is 1. The number of halogens is 1. The Labute approximate surface area is 154 Å². The van der Waals surface area contributed by atoms with Crippen LogP contribution in [0.4, 0.5) is 4.39 Å². The van der Waals surface area contributed by atoms with Crippen LogP contribution in [0.2, 0.25) is 0 Å². The Morgan fingerprint density at radius 3 is 2.08 bits per heavy atom. The molecular weight excluding hydrogens is 329 g/mol. The number of nitrogens with zero attached hydrogens (tertiary/aromatic N) is 1. The quantitative estimate of drug-likeness (QED) is 0.822. The van der Waals surface area contributed by atoms with Crippen molar-refractivity contribution in [1.82, 2.24) is 4.90 Å². The number of rotatable bonds is 5. The molecule has 0 radical (unpaired) electrons. The van der Waals surface area contributed by atoms with Crippen molar-refractivity contribution in [3.63, 3.8) is 0 Å². The Bertz CT molecular complexity index is 740.